The van der Waals surface area contributed by atoms with Gasteiger partial charge in [0.15, 0.2) is 5.16 Å². The van der Waals surface area contributed by atoms with Gasteiger partial charge in [-0.1, -0.05) is 18.2 Å². The van der Waals surface area contributed by atoms with Crippen LogP contribution < -0.4 is 0 Å². The summed E-state index contributed by atoms with van der Waals surface area (Å²) in [5.41, 5.74) is 1.15. The number of hydrogen-bond donors (Lipinski definition) is 0. The van der Waals surface area contributed by atoms with Crippen LogP contribution in [0.15, 0.2) is 34.3 Å². The molecule has 0 bridgehead atoms. The van der Waals surface area contributed by atoms with Gasteiger partial charge >= 0.3 is 0 Å². The van der Waals surface area contributed by atoms with Crippen molar-refractivity contribution in [1.29, 1.82) is 0 Å². The van der Waals surface area contributed by atoms with Crippen LogP contribution in [0.1, 0.15) is 5.56 Å². The van der Waals surface area contributed by atoms with Gasteiger partial charge in [0.25, 0.3) is 0 Å². The number of aromatic nitrogens is 3. The SMILES string of the molecule is Cc1ccccc1Sc1nc(Cl)nc(Cl)n1. The van der Waals surface area contributed by atoms with Crippen LogP contribution in [-0.4, -0.2) is 15.0 Å². The van der Waals surface area contributed by atoms with Crippen molar-refractivity contribution in [3.8, 4) is 0 Å². The number of rotatable bonds is 2. The molecule has 6 heteroatoms. The fourth-order valence-electron chi connectivity index (χ4n) is 1.12. The van der Waals surface area contributed by atoms with Crippen molar-refractivity contribution in [3.05, 3.63) is 40.4 Å². The Labute approximate surface area is 107 Å². The summed E-state index contributed by atoms with van der Waals surface area (Å²) < 4.78 is 0. The molecule has 0 aliphatic rings. The monoisotopic (exact) mass is 271 g/mol. The molecule has 0 atom stereocenters. The van der Waals surface area contributed by atoms with Gasteiger partial charge in [-0.2, -0.15) is 15.0 Å². The van der Waals surface area contributed by atoms with E-state index in [2.05, 4.69) is 15.0 Å². The lowest BCUT2D eigenvalue weighted by atomic mass is 10.2. The third-order valence-electron chi connectivity index (χ3n) is 1.86. The summed E-state index contributed by atoms with van der Waals surface area (Å²) in [6.45, 7) is 2.02. The molecule has 2 aromatic rings. The van der Waals surface area contributed by atoms with Crippen LogP contribution in [0.3, 0.4) is 0 Å². The molecule has 3 nitrogen and oxygen atoms in total. The summed E-state index contributed by atoms with van der Waals surface area (Å²) in [4.78, 5) is 12.7. The predicted molar refractivity (Wildman–Crippen MR) is 65.1 cm³/mol. The second-order valence-corrected chi connectivity index (χ2v) is 4.71. The zero-order valence-electron chi connectivity index (χ0n) is 8.32. The van der Waals surface area contributed by atoms with Crippen molar-refractivity contribution in [2.75, 3.05) is 0 Å². The first-order valence-corrected chi connectivity index (χ1v) is 6.03. The molecule has 2 rings (SSSR count). The van der Waals surface area contributed by atoms with Crippen molar-refractivity contribution in [1.82, 2.24) is 15.0 Å². The van der Waals surface area contributed by atoms with E-state index in [0.29, 0.717) is 5.16 Å². The summed E-state index contributed by atoms with van der Waals surface area (Å²) in [5.74, 6) is 0. The van der Waals surface area contributed by atoms with E-state index >= 15 is 0 Å². The molecule has 0 N–H and O–H groups in total. The Morgan fingerprint density at radius 3 is 2.25 bits per heavy atom. The maximum absolute atomic E-state index is 5.70. The van der Waals surface area contributed by atoms with E-state index in [0.717, 1.165) is 10.5 Å². The topological polar surface area (TPSA) is 38.7 Å². The third-order valence-corrected chi connectivity index (χ3v) is 3.24. The van der Waals surface area contributed by atoms with Crippen molar-refractivity contribution in [3.63, 3.8) is 0 Å². The highest BCUT2D eigenvalue weighted by atomic mass is 35.5. The van der Waals surface area contributed by atoms with E-state index in [9.17, 15) is 0 Å². The predicted octanol–water partition coefficient (Wildman–Crippen LogP) is 3.64. The average molecular weight is 272 g/mol. The van der Waals surface area contributed by atoms with Gasteiger partial charge in [-0.3, -0.25) is 0 Å². The molecule has 1 aromatic heterocycles. The van der Waals surface area contributed by atoms with Crippen molar-refractivity contribution in [2.24, 2.45) is 0 Å². The standard InChI is InChI=1S/C10H7Cl2N3S/c1-6-4-2-3-5-7(6)16-10-14-8(11)13-9(12)15-10/h2-5H,1H3. The Hall–Kier alpha value is -0.840. The van der Waals surface area contributed by atoms with Crippen LogP contribution in [0.5, 0.6) is 0 Å². The second-order valence-electron chi connectivity index (χ2n) is 3.02. The lowest BCUT2D eigenvalue weighted by Crippen LogP contribution is -1.92. The zero-order chi connectivity index (χ0) is 11.5. The van der Waals surface area contributed by atoms with Crippen LogP contribution in [0.4, 0.5) is 0 Å². The largest absolute Gasteiger partial charge is 0.227 e. The summed E-state index contributed by atoms with van der Waals surface area (Å²) in [7, 11) is 0. The first-order valence-electron chi connectivity index (χ1n) is 4.46. The van der Waals surface area contributed by atoms with Gasteiger partial charge in [0.2, 0.25) is 10.6 Å². The maximum atomic E-state index is 5.70. The van der Waals surface area contributed by atoms with Crippen LogP contribution in [0, 0.1) is 6.92 Å². The first kappa shape index (κ1) is 11.6. The van der Waals surface area contributed by atoms with Gasteiger partial charge in [-0.15, -0.1) is 0 Å². The van der Waals surface area contributed by atoms with Gasteiger partial charge < -0.3 is 0 Å². The average Bonchev–Trinajstić information content (AvgIpc) is 2.20. The smallest absolute Gasteiger partial charge is 0.191 e. The Morgan fingerprint density at radius 2 is 1.62 bits per heavy atom. The molecule has 0 saturated carbocycles. The Morgan fingerprint density at radius 1 is 1.00 bits per heavy atom. The molecule has 0 aliphatic carbocycles. The van der Waals surface area contributed by atoms with E-state index in [1.165, 1.54) is 11.8 Å². The quantitative estimate of drug-likeness (QED) is 0.836. The molecule has 1 heterocycles. The lowest BCUT2D eigenvalue weighted by molar-refractivity contribution is 0.903. The normalized spacial score (nSPS) is 10.4. The fraction of sp³-hybridized carbons (Fsp3) is 0.100. The third kappa shape index (κ3) is 2.84. The molecule has 0 saturated heterocycles. The van der Waals surface area contributed by atoms with Gasteiger partial charge in [0, 0.05) is 4.90 Å². The van der Waals surface area contributed by atoms with Crippen LogP contribution >= 0.6 is 35.0 Å². The van der Waals surface area contributed by atoms with Crippen LogP contribution in [0.2, 0.25) is 10.6 Å². The number of hydrogen-bond acceptors (Lipinski definition) is 4. The Kier molecular flexibility index (Phi) is 3.63. The van der Waals surface area contributed by atoms with Crippen molar-refractivity contribution in [2.45, 2.75) is 17.0 Å². The Balaban J connectivity index is 2.30. The minimum absolute atomic E-state index is 0.107. The van der Waals surface area contributed by atoms with E-state index in [1.54, 1.807) is 0 Å². The summed E-state index contributed by atoms with van der Waals surface area (Å²) >= 11 is 12.8. The number of benzene rings is 1. The fourth-order valence-corrected chi connectivity index (χ4v) is 2.42. The van der Waals surface area contributed by atoms with Gasteiger partial charge in [0.1, 0.15) is 0 Å². The lowest BCUT2D eigenvalue weighted by Gasteiger charge is -2.03. The highest BCUT2D eigenvalue weighted by Gasteiger charge is 2.06. The minimum atomic E-state index is 0.107. The summed E-state index contributed by atoms with van der Waals surface area (Å²) in [5, 5.41) is 0.714. The molecule has 0 aliphatic heterocycles. The minimum Gasteiger partial charge on any atom is -0.191 e. The van der Waals surface area contributed by atoms with Crippen LogP contribution in [-0.2, 0) is 0 Å². The highest BCUT2D eigenvalue weighted by Crippen LogP contribution is 2.28. The number of nitrogens with zero attached hydrogens (tertiary/aromatic N) is 3. The molecule has 16 heavy (non-hydrogen) atoms. The molecule has 0 amide bonds. The molecule has 1 aromatic carbocycles. The van der Waals surface area contributed by atoms with Gasteiger partial charge in [-0.05, 0) is 53.5 Å². The molecule has 82 valence electrons. The van der Waals surface area contributed by atoms with Crippen molar-refractivity contribution < 1.29 is 0 Å². The molecule has 0 fully saturated rings. The highest BCUT2D eigenvalue weighted by molar-refractivity contribution is 7.99. The van der Waals surface area contributed by atoms with E-state index in [1.807, 2.05) is 31.2 Å². The van der Waals surface area contributed by atoms with Gasteiger partial charge in [0.05, 0.1) is 0 Å². The van der Waals surface area contributed by atoms with E-state index in [-0.39, 0.29) is 10.6 Å². The molecular weight excluding hydrogens is 265 g/mol. The molecule has 0 radical (unpaired) electrons. The van der Waals surface area contributed by atoms with E-state index in [4.69, 9.17) is 23.2 Å². The number of aryl methyl sites for hydroxylation is 1. The Bertz CT molecular complexity index is 499. The summed E-state index contributed by atoms with van der Waals surface area (Å²) in [6.07, 6.45) is 0. The van der Waals surface area contributed by atoms with Crippen LogP contribution in [0.25, 0.3) is 0 Å². The maximum Gasteiger partial charge on any atom is 0.227 e. The molecule has 0 spiro atoms. The number of halogens is 2. The zero-order valence-corrected chi connectivity index (χ0v) is 10.6. The van der Waals surface area contributed by atoms with Crippen molar-refractivity contribution >= 4 is 35.0 Å². The second kappa shape index (κ2) is 4.99. The summed E-state index contributed by atoms with van der Waals surface area (Å²) in [6, 6.07) is 7.95. The first-order chi connectivity index (χ1) is 7.65. The van der Waals surface area contributed by atoms with Gasteiger partial charge in [-0.25, -0.2) is 0 Å². The molecular formula is C10H7Cl2N3S. The van der Waals surface area contributed by atoms with E-state index < -0.39 is 0 Å². The molecule has 0 unspecified atom stereocenters.